The van der Waals surface area contributed by atoms with Gasteiger partial charge in [0, 0.05) is 17.1 Å². The topological polar surface area (TPSA) is 52.0 Å². The Bertz CT molecular complexity index is 651. The molecular weight excluding hydrogens is 226 g/mol. The van der Waals surface area contributed by atoms with Crippen LogP contribution in [0.15, 0.2) is 17.1 Å². The number of carbonyl (C=O) groups is 1. The van der Waals surface area contributed by atoms with Gasteiger partial charge in [0.15, 0.2) is 6.29 Å². The summed E-state index contributed by atoms with van der Waals surface area (Å²) in [6.45, 7) is 1.67. The Kier molecular flexibility index (Phi) is 2.55. The highest BCUT2D eigenvalue weighted by molar-refractivity contribution is 6.30. The van der Waals surface area contributed by atoms with E-state index in [1.54, 1.807) is 6.92 Å². The minimum atomic E-state index is -0.540. The first-order chi connectivity index (χ1) is 7.56. The third-order valence-corrected chi connectivity index (χ3v) is 2.69. The highest BCUT2D eigenvalue weighted by Crippen LogP contribution is 2.19. The van der Waals surface area contributed by atoms with Crippen LogP contribution in [0.5, 0.6) is 0 Å². The number of rotatable bonds is 1. The van der Waals surface area contributed by atoms with Crippen molar-refractivity contribution in [2.45, 2.75) is 6.92 Å². The summed E-state index contributed by atoms with van der Waals surface area (Å²) in [6.07, 6.45) is 1.98. The van der Waals surface area contributed by atoms with Crippen LogP contribution < -0.4 is 5.56 Å². The van der Waals surface area contributed by atoms with Crippen LogP contribution in [0.3, 0.4) is 0 Å². The molecule has 16 heavy (non-hydrogen) atoms. The van der Waals surface area contributed by atoms with Gasteiger partial charge in [-0.3, -0.25) is 9.59 Å². The predicted octanol–water partition coefficient (Wildman–Crippen LogP) is 1.10. The van der Waals surface area contributed by atoms with E-state index in [-0.39, 0.29) is 10.7 Å². The van der Waals surface area contributed by atoms with Crippen LogP contribution in [0.4, 0.5) is 0 Å². The van der Waals surface area contributed by atoms with Gasteiger partial charge < -0.3 is 4.48 Å². The van der Waals surface area contributed by atoms with Gasteiger partial charge in [-0.2, -0.15) is 0 Å². The van der Waals surface area contributed by atoms with Crippen LogP contribution in [0.2, 0.25) is 5.15 Å². The maximum atomic E-state index is 11.7. The number of hydrogen-bond acceptors (Lipinski definition) is 3. The summed E-state index contributed by atoms with van der Waals surface area (Å²) in [6, 6.07) is 1.49. The largest absolute Gasteiger partial charge is 0.364 e. The molecule has 0 atom stereocenters. The number of nitrogens with zero attached hydrogens (tertiary/aromatic N) is 2. The lowest BCUT2D eigenvalue weighted by Gasteiger charge is -2.09. The predicted molar refractivity (Wildman–Crippen MR) is 62.3 cm³/mol. The molecular formula is C10H6BClN2O2. The van der Waals surface area contributed by atoms with Crippen molar-refractivity contribution in [3.05, 3.63) is 38.9 Å². The zero-order valence-electron chi connectivity index (χ0n) is 8.40. The zero-order valence-corrected chi connectivity index (χ0v) is 9.15. The van der Waals surface area contributed by atoms with Gasteiger partial charge in [0.2, 0.25) is 13.5 Å². The number of pyridine rings is 2. The summed E-state index contributed by atoms with van der Waals surface area (Å²) >= 11 is 5.72. The Morgan fingerprint density at radius 2 is 2.25 bits per heavy atom. The zero-order chi connectivity index (χ0) is 11.9. The number of aldehydes is 1. The lowest BCUT2D eigenvalue weighted by molar-refractivity contribution is 0.112. The summed E-state index contributed by atoms with van der Waals surface area (Å²) in [7, 11) is 5.59. The second-order valence-electron chi connectivity index (χ2n) is 3.36. The first-order valence-electron chi connectivity index (χ1n) is 4.47. The van der Waals surface area contributed by atoms with Crippen molar-refractivity contribution in [2.24, 2.45) is 0 Å². The third kappa shape index (κ3) is 1.44. The fourth-order valence-electron chi connectivity index (χ4n) is 1.59. The van der Waals surface area contributed by atoms with Gasteiger partial charge in [0.05, 0.1) is 5.56 Å². The quantitative estimate of drug-likeness (QED) is 0.420. The second-order valence-corrected chi connectivity index (χ2v) is 3.74. The first-order valence-corrected chi connectivity index (χ1v) is 4.85. The Morgan fingerprint density at radius 3 is 2.88 bits per heavy atom. The highest BCUT2D eigenvalue weighted by atomic mass is 35.5. The Morgan fingerprint density at radius 1 is 1.56 bits per heavy atom. The van der Waals surface area contributed by atoms with Crippen molar-refractivity contribution in [1.82, 2.24) is 9.46 Å². The Hall–Kier alpha value is -1.62. The molecule has 6 heteroatoms. The monoisotopic (exact) mass is 232 g/mol. The summed E-state index contributed by atoms with van der Waals surface area (Å²) < 4.78 is 0.902. The maximum Gasteiger partial charge on any atom is 0.248 e. The summed E-state index contributed by atoms with van der Waals surface area (Å²) in [5.74, 6) is 0. The molecule has 0 aromatic carbocycles. The lowest BCUT2D eigenvalue weighted by atomic mass is 10.1. The van der Waals surface area contributed by atoms with Crippen LogP contribution in [0.1, 0.15) is 15.9 Å². The molecule has 2 radical (unpaired) electrons. The molecule has 0 spiro atoms. The SMILES string of the molecule is [B]n1c(=O)c(C=O)c(C)c2cnc(Cl)cc21. The number of fused-ring (bicyclic) bond motifs is 1. The van der Waals surface area contributed by atoms with Gasteiger partial charge in [0.25, 0.3) is 0 Å². The molecule has 0 N–H and O–H groups in total. The molecule has 0 bridgehead atoms. The lowest BCUT2D eigenvalue weighted by Crippen LogP contribution is -2.24. The average Bonchev–Trinajstić information content (AvgIpc) is 2.27. The van der Waals surface area contributed by atoms with Crippen LogP contribution in [-0.4, -0.2) is 23.7 Å². The van der Waals surface area contributed by atoms with E-state index in [1.165, 1.54) is 12.3 Å². The molecule has 2 rings (SSSR count). The molecule has 0 fully saturated rings. The van der Waals surface area contributed by atoms with Crippen molar-refractivity contribution >= 4 is 36.8 Å². The summed E-state index contributed by atoms with van der Waals surface area (Å²) in [4.78, 5) is 26.4. The van der Waals surface area contributed by atoms with Crippen molar-refractivity contribution in [2.75, 3.05) is 0 Å². The Balaban J connectivity index is 3.07. The molecule has 0 aliphatic heterocycles. The highest BCUT2D eigenvalue weighted by Gasteiger charge is 2.11. The number of carbonyl (C=O) groups excluding carboxylic acids is 1. The third-order valence-electron chi connectivity index (χ3n) is 2.48. The van der Waals surface area contributed by atoms with Gasteiger partial charge in [0.1, 0.15) is 5.15 Å². The van der Waals surface area contributed by atoms with E-state index in [2.05, 4.69) is 4.98 Å². The number of aryl methyl sites for hydroxylation is 1. The molecule has 0 saturated carbocycles. The summed E-state index contributed by atoms with van der Waals surface area (Å²) in [5.41, 5.74) is 0.510. The number of halogens is 1. The van der Waals surface area contributed by atoms with E-state index < -0.39 is 5.56 Å². The molecule has 0 aliphatic rings. The molecule has 78 valence electrons. The number of hydrogen-bond donors (Lipinski definition) is 0. The molecule has 4 nitrogen and oxygen atoms in total. The maximum absolute atomic E-state index is 11.7. The van der Waals surface area contributed by atoms with E-state index in [9.17, 15) is 9.59 Å². The molecule has 2 heterocycles. The van der Waals surface area contributed by atoms with Gasteiger partial charge in [-0.1, -0.05) is 11.6 Å². The molecule has 0 saturated heterocycles. The minimum absolute atomic E-state index is 0.0409. The molecule has 2 aromatic rings. The molecule has 0 unspecified atom stereocenters. The molecule has 2 aromatic heterocycles. The van der Waals surface area contributed by atoms with Gasteiger partial charge in [-0.15, -0.1) is 0 Å². The van der Waals surface area contributed by atoms with E-state index in [4.69, 9.17) is 19.6 Å². The molecule has 0 aliphatic carbocycles. The van der Waals surface area contributed by atoms with Crippen molar-refractivity contribution in [1.29, 1.82) is 0 Å². The van der Waals surface area contributed by atoms with E-state index in [0.717, 1.165) is 4.48 Å². The fraction of sp³-hybridized carbons (Fsp3) is 0.100. The van der Waals surface area contributed by atoms with Crippen molar-refractivity contribution in [3.8, 4) is 0 Å². The van der Waals surface area contributed by atoms with Gasteiger partial charge in [-0.25, -0.2) is 4.98 Å². The van der Waals surface area contributed by atoms with Crippen LogP contribution in [0, 0.1) is 6.92 Å². The molecule has 0 amide bonds. The fourth-order valence-corrected chi connectivity index (χ4v) is 1.74. The van der Waals surface area contributed by atoms with Crippen LogP contribution >= 0.6 is 11.6 Å². The van der Waals surface area contributed by atoms with Crippen LogP contribution in [0.25, 0.3) is 10.9 Å². The van der Waals surface area contributed by atoms with Crippen molar-refractivity contribution in [3.63, 3.8) is 0 Å². The number of aromatic nitrogens is 2. The standard InChI is InChI=1S/C10H6BClN2O2/c1-5-6-3-13-9(12)2-8(6)14(11)10(16)7(5)4-15/h2-4H,1H3. The van der Waals surface area contributed by atoms with Gasteiger partial charge in [-0.05, 0) is 18.6 Å². The van der Waals surface area contributed by atoms with Crippen molar-refractivity contribution < 1.29 is 4.79 Å². The van der Waals surface area contributed by atoms with E-state index in [1.807, 2.05) is 0 Å². The van der Waals surface area contributed by atoms with E-state index >= 15 is 0 Å². The van der Waals surface area contributed by atoms with Gasteiger partial charge >= 0.3 is 0 Å². The first kappa shape index (κ1) is 10.9. The normalized spacial score (nSPS) is 10.6. The second kappa shape index (κ2) is 3.75. The van der Waals surface area contributed by atoms with E-state index in [0.29, 0.717) is 22.8 Å². The van der Waals surface area contributed by atoms with Crippen LogP contribution in [-0.2, 0) is 0 Å². The Labute approximate surface area is 97.3 Å². The smallest absolute Gasteiger partial charge is 0.248 e. The summed E-state index contributed by atoms with van der Waals surface area (Å²) in [5, 5.41) is 0.873. The average molecular weight is 232 g/mol. The minimum Gasteiger partial charge on any atom is -0.364 e.